The van der Waals surface area contributed by atoms with Gasteiger partial charge in [0.25, 0.3) is 0 Å². The number of carboxylic acid groups (broad SMARTS) is 1. The number of hydrogen-bond acceptors (Lipinski definition) is 8. The predicted octanol–water partition coefficient (Wildman–Crippen LogP) is 2.04. The van der Waals surface area contributed by atoms with E-state index in [9.17, 15) is 27.9 Å². The van der Waals surface area contributed by atoms with Crippen LogP contribution in [0.1, 0.15) is 37.3 Å². The highest BCUT2D eigenvalue weighted by molar-refractivity contribution is 7.89. The Morgan fingerprint density at radius 1 is 1.00 bits per heavy atom. The number of anilines is 1. The van der Waals surface area contributed by atoms with Crippen molar-refractivity contribution in [2.45, 2.75) is 56.5 Å². The summed E-state index contributed by atoms with van der Waals surface area (Å²) in [6.45, 7) is 8.18. The summed E-state index contributed by atoms with van der Waals surface area (Å²) < 4.78 is 32.7. The van der Waals surface area contributed by atoms with E-state index < -0.39 is 34.0 Å². The minimum atomic E-state index is -3.90. The number of carboxylic acids is 1. The lowest BCUT2D eigenvalue weighted by Crippen LogP contribution is -2.51. The lowest BCUT2D eigenvalue weighted by Gasteiger charge is -2.36. The van der Waals surface area contributed by atoms with Gasteiger partial charge in [-0.3, -0.25) is 14.5 Å². The van der Waals surface area contributed by atoms with Crippen molar-refractivity contribution in [1.82, 2.24) is 14.5 Å². The molecule has 1 amide bonds. The number of piperazine rings is 1. The third-order valence-corrected chi connectivity index (χ3v) is 9.72. The second kappa shape index (κ2) is 14.1. The number of hydrogen-bond donors (Lipinski definition) is 2. The first-order valence-corrected chi connectivity index (χ1v) is 15.9. The molecule has 2 saturated heterocycles. The summed E-state index contributed by atoms with van der Waals surface area (Å²) in [7, 11) is -3.90. The predicted molar refractivity (Wildman–Crippen MR) is 158 cm³/mol. The molecule has 0 saturated carbocycles. The number of carbonyl (C=O) groups excluding carboxylic acids is 2. The maximum Gasteiger partial charge on any atom is 0.326 e. The van der Waals surface area contributed by atoms with E-state index in [1.54, 1.807) is 19.1 Å². The molecule has 4 rings (SSSR count). The first-order chi connectivity index (χ1) is 20.1. The zero-order valence-electron chi connectivity index (χ0n) is 24.2. The van der Waals surface area contributed by atoms with Crippen molar-refractivity contribution >= 4 is 33.6 Å². The van der Waals surface area contributed by atoms with Crippen LogP contribution in [0, 0.1) is 6.92 Å². The van der Waals surface area contributed by atoms with Gasteiger partial charge in [-0.2, -0.15) is 4.31 Å². The molecule has 0 bridgehead atoms. The molecule has 2 aromatic carbocycles. The van der Waals surface area contributed by atoms with Crippen molar-refractivity contribution < 1.29 is 32.6 Å². The number of carbonyl (C=O) groups is 3. The summed E-state index contributed by atoms with van der Waals surface area (Å²) in [6.07, 6.45) is 1.29. The Morgan fingerprint density at radius 2 is 1.67 bits per heavy atom. The Morgan fingerprint density at radius 3 is 2.29 bits per heavy atom. The second-order valence-electron chi connectivity index (χ2n) is 10.7. The van der Waals surface area contributed by atoms with Gasteiger partial charge >= 0.3 is 11.9 Å². The van der Waals surface area contributed by atoms with Crippen molar-refractivity contribution in [3.63, 3.8) is 0 Å². The molecule has 2 fully saturated rings. The average molecular weight is 601 g/mol. The van der Waals surface area contributed by atoms with Crippen LogP contribution in [-0.4, -0.2) is 98.5 Å². The van der Waals surface area contributed by atoms with E-state index in [2.05, 4.69) is 15.1 Å². The van der Waals surface area contributed by atoms with E-state index >= 15 is 0 Å². The van der Waals surface area contributed by atoms with E-state index in [0.29, 0.717) is 32.4 Å². The topological polar surface area (TPSA) is 137 Å². The van der Waals surface area contributed by atoms with Gasteiger partial charge in [-0.25, -0.2) is 13.2 Å². The van der Waals surface area contributed by atoms with E-state index in [0.717, 1.165) is 43.0 Å². The van der Waals surface area contributed by atoms with Crippen molar-refractivity contribution in [3.8, 4) is 0 Å². The maximum absolute atomic E-state index is 13.2. The summed E-state index contributed by atoms with van der Waals surface area (Å²) in [4.78, 5) is 41.5. The molecule has 42 heavy (non-hydrogen) atoms. The number of amides is 1. The molecule has 0 unspecified atom stereocenters. The van der Waals surface area contributed by atoms with Gasteiger partial charge in [0.15, 0.2) is 0 Å². The molecule has 2 aromatic rings. The summed E-state index contributed by atoms with van der Waals surface area (Å²) in [5.41, 5.74) is 2.69. The van der Waals surface area contributed by atoms with Gasteiger partial charge in [0.1, 0.15) is 12.1 Å². The van der Waals surface area contributed by atoms with Gasteiger partial charge in [-0.1, -0.05) is 29.8 Å². The SMILES string of the molecule is CCOC(=O)CCN1CCN(c2ccc(C[C@H](NC(=O)[C@@H]3CCCN3S(=O)(=O)c3ccc(C)cc3)C(=O)O)cc2)CC1. The van der Waals surface area contributed by atoms with E-state index in [-0.39, 0.29) is 23.8 Å². The number of nitrogens with one attached hydrogen (secondary N) is 1. The molecule has 2 N–H and O–H groups in total. The highest BCUT2D eigenvalue weighted by atomic mass is 32.2. The monoisotopic (exact) mass is 600 g/mol. The van der Waals surface area contributed by atoms with Crippen molar-refractivity contribution in [3.05, 3.63) is 59.7 Å². The maximum atomic E-state index is 13.2. The molecule has 2 heterocycles. The molecule has 0 radical (unpaired) electrons. The van der Waals surface area contributed by atoms with Gasteiger partial charge in [0.2, 0.25) is 15.9 Å². The van der Waals surface area contributed by atoms with Gasteiger partial charge in [-0.05, 0) is 56.5 Å². The molecule has 11 nitrogen and oxygen atoms in total. The van der Waals surface area contributed by atoms with Crippen LogP contribution in [0.5, 0.6) is 0 Å². The molecular weight excluding hydrogens is 560 g/mol. The van der Waals surface area contributed by atoms with E-state index in [1.807, 2.05) is 31.2 Å². The molecule has 2 aliphatic rings. The molecule has 0 aromatic heterocycles. The average Bonchev–Trinajstić information content (AvgIpc) is 3.48. The number of rotatable bonds is 12. The third kappa shape index (κ3) is 7.87. The third-order valence-electron chi connectivity index (χ3n) is 7.80. The molecule has 12 heteroatoms. The van der Waals surface area contributed by atoms with E-state index in [4.69, 9.17) is 4.74 Å². The van der Waals surface area contributed by atoms with Crippen LogP contribution in [0.25, 0.3) is 0 Å². The highest BCUT2D eigenvalue weighted by Crippen LogP contribution is 2.27. The van der Waals surface area contributed by atoms with Crippen LogP contribution in [0.2, 0.25) is 0 Å². The Hall–Kier alpha value is -3.48. The molecule has 0 spiro atoms. The fourth-order valence-electron chi connectivity index (χ4n) is 5.39. The van der Waals surface area contributed by atoms with Gasteiger partial charge in [0.05, 0.1) is 17.9 Å². The lowest BCUT2D eigenvalue weighted by molar-refractivity contribution is -0.143. The highest BCUT2D eigenvalue weighted by Gasteiger charge is 2.40. The zero-order chi connectivity index (χ0) is 30.3. The van der Waals surface area contributed by atoms with Crippen molar-refractivity contribution in [2.75, 3.05) is 50.8 Å². The molecule has 228 valence electrons. The molecule has 0 aliphatic carbocycles. The lowest BCUT2D eigenvalue weighted by atomic mass is 10.0. The molecule has 2 atom stereocenters. The number of sulfonamides is 1. The number of aryl methyl sites for hydroxylation is 1. The fourth-order valence-corrected chi connectivity index (χ4v) is 7.05. The van der Waals surface area contributed by atoms with Gasteiger partial charge in [-0.15, -0.1) is 0 Å². The first kappa shape index (κ1) is 31.5. The number of nitrogens with zero attached hydrogens (tertiary/aromatic N) is 3. The van der Waals surface area contributed by atoms with Crippen LogP contribution < -0.4 is 10.2 Å². The second-order valence-corrected chi connectivity index (χ2v) is 12.6. The van der Waals surface area contributed by atoms with Crippen molar-refractivity contribution in [1.29, 1.82) is 0 Å². The summed E-state index contributed by atoms with van der Waals surface area (Å²) >= 11 is 0. The van der Waals surface area contributed by atoms with Gasteiger partial charge < -0.3 is 20.1 Å². The molecular formula is C30H40N4O7S. The summed E-state index contributed by atoms with van der Waals surface area (Å²) in [5.74, 6) is -1.97. The first-order valence-electron chi connectivity index (χ1n) is 14.4. The number of esters is 1. The zero-order valence-corrected chi connectivity index (χ0v) is 25.0. The van der Waals surface area contributed by atoms with Crippen LogP contribution in [-0.2, 0) is 35.6 Å². The normalized spacial score (nSPS) is 18.9. The Kier molecular flexibility index (Phi) is 10.6. The summed E-state index contributed by atoms with van der Waals surface area (Å²) in [5, 5.41) is 12.4. The number of benzene rings is 2. The summed E-state index contributed by atoms with van der Waals surface area (Å²) in [6, 6.07) is 11.9. The molecule has 2 aliphatic heterocycles. The minimum Gasteiger partial charge on any atom is -0.480 e. The number of aliphatic carboxylic acids is 1. The van der Waals surface area contributed by atoms with Crippen LogP contribution in [0.4, 0.5) is 5.69 Å². The standard InChI is InChI=1S/C30H40N4O7S/c1-3-41-28(35)14-16-32-17-19-33(20-18-32)24-10-8-23(9-11-24)21-26(30(37)38)31-29(36)27-5-4-15-34(27)42(39,40)25-12-6-22(2)7-13-25/h6-13,26-27H,3-5,14-21H2,1-2H3,(H,31,36)(H,37,38)/t26-,27-/m0/s1. The Labute approximate surface area is 247 Å². The number of ether oxygens (including phenoxy) is 1. The largest absolute Gasteiger partial charge is 0.480 e. The van der Waals surface area contributed by atoms with Crippen LogP contribution in [0.15, 0.2) is 53.4 Å². The van der Waals surface area contributed by atoms with E-state index in [1.165, 1.54) is 16.4 Å². The smallest absolute Gasteiger partial charge is 0.326 e. The quantitative estimate of drug-likeness (QED) is 0.351. The van der Waals surface area contributed by atoms with Gasteiger partial charge in [0, 0.05) is 51.4 Å². The Bertz CT molecular complexity index is 1340. The van der Waals surface area contributed by atoms with Crippen molar-refractivity contribution in [2.24, 2.45) is 0 Å². The van der Waals surface area contributed by atoms with Crippen LogP contribution in [0.3, 0.4) is 0 Å². The fraction of sp³-hybridized carbons (Fsp3) is 0.500. The Balaban J connectivity index is 1.32. The minimum absolute atomic E-state index is 0.0699. The van der Waals surface area contributed by atoms with Crippen LogP contribution >= 0.6 is 0 Å².